The lowest BCUT2D eigenvalue weighted by Crippen LogP contribution is -2.42. The highest BCUT2D eigenvalue weighted by Crippen LogP contribution is 2.45. The summed E-state index contributed by atoms with van der Waals surface area (Å²) in [4.78, 5) is 22.1. The van der Waals surface area contributed by atoms with E-state index in [2.05, 4.69) is 22.9 Å². The van der Waals surface area contributed by atoms with Crippen molar-refractivity contribution < 1.29 is 38.0 Å². The standard InChI is InChI=1S/C26H53BrNO7P/c1-5-6-7-8-9-10-11-12-13-14-15-16-17-18-19-23(27)25(31)26(24(30)22-29)35-36(32,33)34-21-20-28(2,3)4/h23-24,26,29-30H,5-22H2,1-4H3/p+1/t23?,24-,26?/m0/s1. The van der Waals surface area contributed by atoms with Crippen molar-refractivity contribution in [3.05, 3.63) is 0 Å². The molecular formula is C26H54BrNO7P+. The molecule has 3 unspecified atom stereocenters. The number of aliphatic hydroxyl groups excluding tert-OH is 2. The molecule has 0 aromatic carbocycles. The van der Waals surface area contributed by atoms with Gasteiger partial charge in [0, 0.05) is 0 Å². The molecule has 10 heteroatoms. The van der Waals surface area contributed by atoms with Gasteiger partial charge in [0.05, 0.1) is 32.6 Å². The van der Waals surface area contributed by atoms with Gasteiger partial charge in [-0.2, -0.15) is 0 Å². The van der Waals surface area contributed by atoms with E-state index in [1.807, 2.05) is 21.1 Å². The van der Waals surface area contributed by atoms with Crippen molar-refractivity contribution in [2.24, 2.45) is 0 Å². The topological polar surface area (TPSA) is 113 Å². The van der Waals surface area contributed by atoms with Gasteiger partial charge in [-0.3, -0.25) is 13.8 Å². The molecule has 0 aliphatic rings. The van der Waals surface area contributed by atoms with Gasteiger partial charge < -0.3 is 19.6 Å². The Morgan fingerprint density at radius 2 is 1.33 bits per heavy atom. The molecule has 0 bridgehead atoms. The molecule has 0 saturated carbocycles. The van der Waals surface area contributed by atoms with E-state index in [0.29, 0.717) is 17.4 Å². The Bertz CT molecular complexity index is 603. The Labute approximate surface area is 228 Å². The number of hydrogen-bond acceptors (Lipinski definition) is 6. The molecule has 216 valence electrons. The molecule has 0 fully saturated rings. The van der Waals surface area contributed by atoms with Crippen LogP contribution in [-0.2, 0) is 18.4 Å². The maximum absolute atomic E-state index is 12.8. The van der Waals surface area contributed by atoms with E-state index in [1.165, 1.54) is 70.6 Å². The average molecular weight is 604 g/mol. The first-order valence-electron chi connectivity index (χ1n) is 13.9. The molecule has 0 spiro atoms. The van der Waals surface area contributed by atoms with Gasteiger partial charge in [0.15, 0.2) is 11.9 Å². The van der Waals surface area contributed by atoms with Gasteiger partial charge in [-0.1, -0.05) is 113 Å². The van der Waals surface area contributed by atoms with Crippen LogP contribution in [0.1, 0.15) is 103 Å². The molecule has 0 saturated heterocycles. The van der Waals surface area contributed by atoms with Crippen LogP contribution in [0.15, 0.2) is 0 Å². The number of nitrogens with zero attached hydrogens (tertiary/aromatic N) is 1. The van der Waals surface area contributed by atoms with Gasteiger partial charge in [0.25, 0.3) is 0 Å². The fraction of sp³-hybridized carbons (Fsp3) is 0.962. The number of halogens is 1. The molecule has 0 aromatic heterocycles. The Balaban J connectivity index is 4.17. The number of carbonyl (C=O) groups is 1. The number of likely N-dealkylation sites (N-methyl/N-ethyl adjacent to an activating group) is 1. The summed E-state index contributed by atoms with van der Waals surface area (Å²) in [6, 6.07) is 0. The Morgan fingerprint density at radius 3 is 1.75 bits per heavy atom. The summed E-state index contributed by atoms with van der Waals surface area (Å²) in [6.07, 6.45) is 14.7. The van der Waals surface area contributed by atoms with Gasteiger partial charge in [-0.15, -0.1) is 0 Å². The predicted molar refractivity (Wildman–Crippen MR) is 149 cm³/mol. The SMILES string of the molecule is CCCCCCCCCCCCCCCCC(Br)C(=O)C(OP(=O)(O)OCC[N+](C)(C)C)[C@@H](O)CO. The van der Waals surface area contributed by atoms with Gasteiger partial charge in [-0.05, 0) is 6.42 Å². The molecule has 0 aliphatic carbocycles. The number of aliphatic hydroxyl groups is 2. The van der Waals surface area contributed by atoms with Crippen molar-refractivity contribution in [1.82, 2.24) is 0 Å². The molecule has 0 amide bonds. The zero-order valence-corrected chi connectivity index (χ0v) is 25.7. The number of unbranched alkanes of at least 4 members (excludes halogenated alkanes) is 13. The lowest BCUT2D eigenvalue weighted by Gasteiger charge is -2.26. The van der Waals surface area contributed by atoms with Crippen LogP contribution in [0, 0.1) is 0 Å². The van der Waals surface area contributed by atoms with Crippen LogP contribution in [0.5, 0.6) is 0 Å². The number of alkyl halides is 1. The second-order valence-electron chi connectivity index (χ2n) is 10.8. The Kier molecular flexibility index (Phi) is 21.1. The fourth-order valence-corrected chi connectivity index (χ4v) is 5.34. The third-order valence-electron chi connectivity index (χ3n) is 6.20. The van der Waals surface area contributed by atoms with E-state index in [-0.39, 0.29) is 6.61 Å². The highest BCUT2D eigenvalue weighted by molar-refractivity contribution is 9.10. The first-order valence-corrected chi connectivity index (χ1v) is 16.3. The van der Waals surface area contributed by atoms with Gasteiger partial charge in [0.1, 0.15) is 19.3 Å². The monoisotopic (exact) mass is 602 g/mol. The molecule has 0 aromatic rings. The normalized spacial score (nSPS) is 16.4. The zero-order chi connectivity index (χ0) is 27.5. The minimum atomic E-state index is -4.58. The maximum Gasteiger partial charge on any atom is 0.473 e. The third kappa shape index (κ3) is 20.1. The van der Waals surface area contributed by atoms with E-state index in [4.69, 9.17) is 9.05 Å². The largest absolute Gasteiger partial charge is 0.473 e. The number of ketones is 1. The van der Waals surface area contributed by atoms with E-state index in [1.54, 1.807) is 0 Å². The molecule has 0 heterocycles. The number of carbonyl (C=O) groups excluding carboxylic acids is 1. The van der Waals surface area contributed by atoms with Crippen LogP contribution in [0.3, 0.4) is 0 Å². The summed E-state index contributed by atoms with van der Waals surface area (Å²) < 4.78 is 22.8. The van der Waals surface area contributed by atoms with E-state index in [9.17, 15) is 24.5 Å². The van der Waals surface area contributed by atoms with Crippen molar-refractivity contribution in [2.75, 3.05) is 40.9 Å². The predicted octanol–water partition coefficient (Wildman–Crippen LogP) is 5.75. The number of hydrogen-bond donors (Lipinski definition) is 3. The highest BCUT2D eigenvalue weighted by Gasteiger charge is 2.38. The first kappa shape index (κ1) is 36.1. The number of phosphoric acid groups is 1. The number of phosphoric ester groups is 1. The highest BCUT2D eigenvalue weighted by atomic mass is 79.9. The third-order valence-corrected chi connectivity index (χ3v) is 8.11. The zero-order valence-electron chi connectivity index (χ0n) is 23.2. The van der Waals surface area contributed by atoms with Crippen LogP contribution < -0.4 is 0 Å². The average Bonchev–Trinajstić information content (AvgIpc) is 2.80. The van der Waals surface area contributed by atoms with Crippen LogP contribution >= 0.6 is 23.8 Å². The smallest absolute Gasteiger partial charge is 0.394 e. The molecule has 3 N–H and O–H groups in total. The summed E-state index contributed by atoms with van der Waals surface area (Å²) in [5.74, 6) is -0.573. The lowest BCUT2D eigenvalue weighted by atomic mass is 10.0. The van der Waals surface area contributed by atoms with Crippen molar-refractivity contribution >= 4 is 29.5 Å². The number of quaternary nitrogens is 1. The fourth-order valence-electron chi connectivity index (χ4n) is 3.85. The van der Waals surface area contributed by atoms with E-state index < -0.39 is 37.2 Å². The van der Waals surface area contributed by atoms with Crippen LogP contribution in [0.25, 0.3) is 0 Å². The quantitative estimate of drug-likeness (QED) is 0.0527. The van der Waals surface area contributed by atoms with Crippen molar-refractivity contribution in [3.63, 3.8) is 0 Å². The molecular weight excluding hydrogens is 549 g/mol. The van der Waals surface area contributed by atoms with Crippen molar-refractivity contribution in [2.45, 2.75) is 120 Å². The van der Waals surface area contributed by atoms with Crippen LogP contribution in [-0.4, -0.2) is 83.3 Å². The number of Topliss-reactive ketones (excluding diaryl/α,β-unsaturated/α-hetero) is 1. The Morgan fingerprint density at radius 1 is 0.889 bits per heavy atom. The summed E-state index contributed by atoms with van der Waals surface area (Å²) in [5, 5.41) is 19.4. The minimum Gasteiger partial charge on any atom is -0.394 e. The molecule has 4 atom stereocenters. The first-order chi connectivity index (χ1) is 16.9. The van der Waals surface area contributed by atoms with E-state index in [0.717, 1.165) is 19.3 Å². The lowest BCUT2D eigenvalue weighted by molar-refractivity contribution is -0.870. The molecule has 0 rings (SSSR count). The maximum atomic E-state index is 12.8. The van der Waals surface area contributed by atoms with Crippen molar-refractivity contribution in [1.29, 1.82) is 0 Å². The van der Waals surface area contributed by atoms with E-state index >= 15 is 0 Å². The van der Waals surface area contributed by atoms with Crippen LogP contribution in [0.4, 0.5) is 0 Å². The summed E-state index contributed by atoms with van der Waals surface area (Å²) in [5.41, 5.74) is 0. The minimum absolute atomic E-state index is 0.0514. The second kappa shape index (κ2) is 21.0. The van der Waals surface area contributed by atoms with Crippen molar-refractivity contribution in [3.8, 4) is 0 Å². The summed E-state index contributed by atoms with van der Waals surface area (Å²) >= 11 is 3.33. The number of rotatable bonds is 25. The molecule has 8 nitrogen and oxygen atoms in total. The van der Waals surface area contributed by atoms with Gasteiger partial charge in [-0.25, -0.2) is 4.57 Å². The van der Waals surface area contributed by atoms with Gasteiger partial charge in [0.2, 0.25) is 0 Å². The molecule has 0 aliphatic heterocycles. The molecule has 36 heavy (non-hydrogen) atoms. The second-order valence-corrected chi connectivity index (χ2v) is 13.4. The molecule has 0 radical (unpaired) electrons. The Hall–Kier alpha value is 0.140. The van der Waals surface area contributed by atoms with Crippen LogP contribution in [0.2, 0.25) is 0 Å². The summed E-state index contributed by atoms with van der Waals surface area (Å²) in [7, 11) is 1.13. The van der Waals surface area contributed by atoms with Gasteiger partial charge >= 0.3 is 7.82 Å². The summed E-state index contributed by atoms with van der Waals surface area (Å²) in [6.45, 7) is 1.88.